The second-order valence-corrected chi connectivity index (χ2v) is 9.50. The lowest BCUT2D eigenvalue weighted by atomic mass is 10.1. The van der Waals surface area contributed by atoms with Gasteiger partial charge in [-0.25, -0.2) is 8.42 Å². The monoisotopic (exact) mass is 430 g/mol. The molecule has 4 aromatic rings. The second-order valence-electron chi connectivity index (χ2n) is 7.44. The number of sulfone groups is 1. The van der Waals surface area contributed by atoms with Crippen LogP contribution in [0, 0.1) is 0 Å². The zero-order valence-electron chi connectivity index (χ0n) is 16.9. The molecule has 0 aliphatic rings. The quantitative estimate of drug-likeness (QED) is 0.467. The number of carbonyl (C=O) groups excluding carboxylic acids is 1. The van der Waals surface area contributed by atoms with Crippen LogP contribution in [-0.2, 0) is 32.6 Å². The topological polar surface area (TPSA) is 76.1 Å². The van der Waals surface area contributed by atoms with Gasteiger partial charge in [-0.15, -0.1) is 0 Å². The first kappa shape index (κ1) is 20.8. The van der Waals surface area contributed by atoms with Crippen molar-refractivity contribution in [1.82, 2.24) is 4.98 Å². The van der Waals surface area contributed by atoms with E-state index >= 15 is 0 Å². The minimum atomic E-state index is -3.33. The molecule has 0 aliphatic carbocycles. The number of nitrogens with zero attached hydrogens (tertiary/aromatic N) is 1. The third-order valence-corrected chi connectivity index (χ3v) is 6.44. The van der Waals surface area contributed by atoms with Crippen molar-refractivity contribution in [2.45, 2.75) is 17.9 Å². The molecule has 0 saturated heterocycles. The fourth-order valence-electron chi connectivity index (χ4n) is 3.56. The Morgan fingerprint density at radius 3 is 2.35 bits per heavy atom. The maximum absolute atomic E-state index is 12.6. The number of fused-ring (bicyclic) bond motifs is 1. The van der Waals surface area contributed by atoms with Crippen LogP contribution < -0.4 is 5.32 Å². The maximum atomic E-state index is 12.6. The van der Waals surface area contributed by atoms with Crippen LogP contribution in [-0.4, -0.2) is 19.3 Å². The zero-order chi connectivity index (χ0) is 21.7. The van der Waals surface area contributed by atoms with Gasteiger partial charge in [-0.05, 0) is 34.9 Å². The molecule has 156 valence electrons. The van der Waals surface area contributed by atoms with Gasteiger partial charge in [-0.3, -0.25) is 9.78 Å². The Labute approximate surface area is 181 Å². The number of rotatable bonds is 7. The molecule has 1 heterocycles. The summed E-state index contributed by atoms with van der Waals surface area (Å²) in [4.78, 5) is 17.0. The third-order valence-electron chi connectivity index (χ3n) is 4.89. The largest absolute Gasteiger partial charge is 0.326 e. The summed E-state index contributed by atoms with van der Waals surface area (Å²) in [5, 5.41) is 3.85. The van der Waals surface area contributed by atoms with Gasteiger partial charge in [-0.2, -0.15) is 0 Å². The number of nitrogens with one attached hydrogen (secondary N) is 1. The molecule has 4 rings (SSSR count). The van der Waals surface area contributed by atoms with Crippen LogP contribution in [0.3, 0.4) is 0 Å². The fraction of sp³-hybridized carbons (Fsp3) is 0.120. The van der Waals surface area contributed by atoms with E-state index in [-0.39, 0.29) is 23.8 Å². The first-order valence-corrected chi connectivity index (χ1v) is 11.8. The van der Waals surface area contributed by atoms with Crippen molar-refractivity contribution < 1.29 is 13.2 Å². The number of benzene rings is 3. The number of aromatic nitrogens is 1. The Kier molecular flexibility index (Phi) is 6.09. The SMILES string of the molecule is O=C(Cc1cccc2cccnc12)Nc1cccc(CS(=O)(=O)Cc2ccccc2)c1. The van der Waals surface area contributed by atoms with Crippen molar-refractivity contribution in [2.24, 2.45) is 0 Å². The van der Waals surface area contributed by atoms with Crippen LogP contribution in [0.1, 0.15) is 16.7 Å². The molecule has 5 nitrogen and oxygen atoms in total. The zero-order valence-corrected chi connectivity index (χ0v) is 17.7. The Morgan fingerprint density at radius 2 is 1.52 bits per heavy atom. The van der Waals surface area contributed by atoms with Gasteiger partial charge in [-0.1, -0.05) is 66.7 Å². The van der Waals surface area contributed by atoms with Crippen molar-refractivity contribution in [3.8, 4) is 0 Å². The summed E-state index contributed by atoms with van der Waals surface area (Å²) in [6.45, 7) is 0. The Morgan fingerprint density at radius 1 is 0.806 bits per heavy atom. The number of para-hydroxylation sites is 1. The summed E-state index contributed by atoms with van der Waals surface area (Å²) in [7, 11) is -3.33. The van der Waals surface area contributed by atoms with E-state index in [4.69, 9.17) is 0 Å². The lowest BCUT2D eigenvalue weighted by Gasteiger charge is -2.09. The van der Waals surface area contributed by atoms with Gasteiger partial charge in [0.05, 0.1) is 23.4 Å². The van der Waals surface area contributed by atoms with Gasteiger partial charge >= 0.3 is 0 Å². The summed E-state index contributed by atoms with van der Waals surface area (Å²) in [6, 6.07) is 25.7. The number of pyridine rings is 1. The molecule has 31 heavy (non-hydrogen) atoms. The van der Waals surface area contributed by atoms with E-state index in [1.807, 2.05) is 48.5 Å². The molecule has 0 atom stereocenters. The highest BCUT2D eigenvalue weighted by molar-refractivity contribution is 7.89. The summed E-state index contributed by atoms with van der Waals surface area (Å²) >= 11 is 0. The second kappa shape index (κ2) is 9.10. The molecule has 0 unspecified atom stereocenters. The number of anilines is 1. The van der Waals surface area contributed by atoms with Crippen molar-refractivity contribution >= 4 is 32.3 Å². The van der Waals surface area contributed by atoms with Gasteiger partial charge < -0.3 is 5.32 Å². The number of hydrogen-bond acceptors (Lipinski definition) is 4. The maximum Gasteiger partial charge on any atom is 0.228 e. The summed E-state index contributed by atoms with van der Waals surface area (Å²) in [5.74, 6) is -0.278. The van der Waals surface area contributed by atoms with Crippen LogP contribution >= 0.6 is 0 Å². The third kappa shape index (κ3) is 5.55. The van der Waals surface area contributed by atoms with Crippen molar-refractivity contribution in [2.75, 3.05) is 5.32 Å². The van der Waals surface area contributed by atoms with E-state index in [1.165, 1.54) is 0 Å². The van der Waals surface area contributed by atoms with Crippen molar-refractivity contribution in [1.29, 1.82) is 0 Å². The van der Waals surface area contributed by atoms with E-state index in [1.54, 1.807) is 42.6 Å². The highest BCUT2D eigenvalue weighted by atomic mass is 32.2. The Balaban J connectivity index is 1.44. The minimum Gasteiger partial charge on any atom is -0.326 e. The molecule has 0 radical (unpaired) electrons. The predicted octanol–water partition coefficient (Wildman–Crippen LogP) is 4.53. The summed E-state index contributed by atoms with van der Waals surface area (Å²) in [5.41, 5.74) is 3.62. The van der Waals surface area contributed by atoms with Crippen LogP contribution in [0.25, 0.3) is 10.9 Å². The van der Waals surface area contributed by atoms with E-state index in [0.29, 0.717) is 11.3 Å². The van der Waals surface area contributed by atoms with Crippen molar-refractivity contribution in [3.05, 3.63) is 108 Å². The molecule has 1 amide bonds. The van der Waals surface area contributed by atoms with E-state index in [9.17, 15) is 13.2 Å². The highest BCUT2D eigenvalue weighted by Gasteiger charge is 2.14. The van der Waals surface area contributed by atoms with Crippen LogP contribution in [0.2, 0.25) is 0 Å². The van der Waals surface area contributed by atoms with Crippen LogP contribution in [0.5, 0.6) is 0 Å². The Bertz CT molecular complexity index is 1310. The average molecular weight is 431 g/mol. The molecule has 0 aliphatic heterocycles. The number of hydrogen-bond donors (Lipinski definition) is 1. The normalized spacial score (nSPS) is 11.4. The molecular formula is C25H22N2O3S. The van der Waals surface area contributed by atoms with Crippen molar-refractivity contribution in [3.63, 3.8) is 0 Å². The Hall–Kier alpha value is -3.51. The first-order valence-electron chi connectivity index (χ1n) is 9.94. The molecule has 6 heteroatoms. The van der Waals surface area contributed by atoms with Gasteiger partial charge in [0.2, 0.25) is 5.91 Å². The molecule has 3 aromatic carbocycles. The van der Waals surface area contributed by atoms with E-state index < -0.39 is 9.84 Å². The molecular weight excluding hydrogens is 408 g/mol. The predicted molar refractivity (Wildman–Crippen MR) is 123 cm³/mol. The lowest BCUT2D eigenvalue weighted by molar-refractivity contribution is -0.115. The molecule has 0 saturated carbocycles. The van der Waals surface area contributed by atoms with Crippen LogP contribution in [0.4, 0.5) is 5.69 Å². The fourth-order valence-corrected chi connectivity index (χ4v) is 5.05. The van der Waals surface area contributed by atoms with Gasteiger partial charge in [0.1, 0.15) is 0 Å². The number of carbonyl (C=O) groups is 1. The van der Waals surface area contributed by atoms with E-state index in [0.717, 1.165) is 22.0 Å². The highest BCUT2D eigenvalue weighted by Crippen LogP contribution is 2.19. The lowest BCUT2D eigenvalue weighted by Crippen LogP contribution is -2.15. The molecule has 0 spiro atoms. The van der Waals surface area contributed by atoms with Crippen LogP contribution in [0.15, 0.2) is 91.1 Å². The van der Waals surface area contributed by atoms with Gasteiger partial charge in [0.25, 0.3) is 0 Å². The summed E-state index contributed by atoms with van der Waals surface area (Å²) < 4.78 is 25.1. The number of amides is 1. The molecule has 1 aromatic heterocycles. The minimum absolute atomic E-state index is 0.0154. The van der Waals surface area contributed by atoms with Gasteiger partial charge in [0, 0.05) is 17.3 Å². The van der Waals surface area contributed by atoms with Gasteiger partial charge in [0.15, 0.2) is 9.84 Å². The molecule has 1 N–H and O–H groups in total. The molecule has 0 fully saturated rings. The first-order chi connectivity index (χ1) is 15.0. The molecule has 0 bridgehead atoms. The summed E-state index contributed by atoms with van der Waals surface area (Å²) in [6.07, 6.45) is 1.90. The standard InChI is InChI=1S/C25H22N2O3S/c28-24(16-22-11-5-10-21-12-6-14-26-25(21)22)27-23-13-4-9-20(15-23)18-31(29,30)17-19-7-2-1-3-8-19/h1-15H,16-18H2,(H,27,28). The average Bonchev–Trinajstić information content (AvgIpc) is 2.74. The smallest absolute Gasteiger partial charge is 0.228 e. The van der Waals surface area contributed by atoms with E-state index in [2.05, 4.69) is 10.3 Å².